The normalized spacial score (nSPS) is 14.4. The van der Waals surface area contributed by atoms with Crippen LogP contribution in [0.1, 0.15) is 0 Å². The molecule has 1 aliphatic rings. The largest absolute Gasteiger partial charge is 0.383 e. The van der Waals surface area contributed by atoms with E-state index in [-0.39, 0.29) is 0 Å². The van der Waals surface area contributed by atoms with Gasteiger partial charge in [0.1, 0.15) is 11.6 Å². The summed E-state index contributed by atoms with van der Waals surface area (Å²) in [6.45, 7) is 3.33. The molecule has 0 spiro atoms. The molecule has 0 bridgehead atoms. The molecule has 27 heavy (non-hydrogen) atoms. The summed E-state index contributed by atoms with van der Waals surface area (Å²) in [6, 6.07) is 11.3. The Morgan fingerprint density at radius 3 is 2.33 bits per heavy atom. The molecule has 1 fully saturated rings. The Bertz CT molecular complexity index is 942. The molecule has 0 radical (unpaired) electrons. The standard InChI is InChI=1S/C19H18Cl2N6/c20-15-5-4-13(11-16(15)21)14-12-24-19(25-18(14)22)27-9-7-26(8-10-27)17-3-1-2-6-23-17/h1-6,11-12H,7-10H2,(H2,22,24,25). The first-order valence-electron chi connectivity index (χ1n) is 8.60. The van der Waals surface area contributed by atoms with Crippen molar-refractivity contribution in [2.45, 2.75) is 0 Å². The van der Waals surface area contributed by atoms with Crippen molar-refractivity contribution in [1.82, 2.24) is 15.0 Å². The molecule has 3 aromatic rings. The fourth-order valence-corrected chi connectivity index (χ4v) is 3.40. The van der Waals surface area contributed by atoms with E-state index < -0.39 is 0 Å². The quantitative estimate of drug-likeness (QED) is 0.721. The Labute approximate surface area is 167 Å². The number of halogens is 2. The SMILES string of the molecule is Nc1nc(N2CCN(c3ccccn3)CC2)ncc1-c1ccc(Cl)c(Cl)c1. The molecular weight excluding hydrogens is 383 g/mol. The van der Waals surface area contributed by atoms with Crippen LogP contribution in [0.3, 0.4) is 0 Å². The van der Waals surface area contributed by atoms with Gasteiger partial charge in [0.05, 0.1) is 10.0 Å². The molecule has 1 aromatic carbocycles. The number of hydrogen-bond acceptors (Lipinski definition) is 6. The zero-order valence-electron chi connectivity index (χ0n) is 14.5. The van der Waals surface area contributed by atoms with Gasteiger partial charge in [-0.3, -0.25) is 0 Å². The Morgan fingerprint density at radius 1 is 0.889 bits per heavy atom. The summed E-state index contributed by atoms with van der Waals surface area (Å²) in [6.07, 6.45) is 3.55. The third-order valence-corrected chi connectivity index (χ3v) is 5.31. The van der Waals surface area contributed by atoms with Gasteiger partial charge in [0, 0.05) is 44.1 Å². The second-order valence-electron chi connectivity index (χ2n) is 6.26. The van der Waals surface area contributed by atoms with Crippen molar-refractivity contribution in [3.05, 3.63) is 58.8 Å². The molecule has 4 rings (SSSR count). The van der Waals surface area contributed by atoms with Crippen molar-refractivity contribution < 1.29 is 0 Å². The average Bonchev–Trinajstić information content (AvgIpc) is 2.71. The highest BCUT2D eigenvalue weighted by Gasteiger charge is 2.20. The number of anilines is 3. The smallest absolute Gasteiger partial charge is 0.227 e. The average molecular weight is 401 g/mol. The molecule has 0 atom stereocenters. The molecule has 2 aromatic heterocycles. The van der Waals surface area contributed by atoms with E-state index in [1.54, 1.807) is 18.3 Å². The number of nitrogen functional groups attached to an aromatic ring is 1. The van der Waals surface area contributed by atoms with Gasteiger partial charge in [0.15, 0.2) is 0 Å². The molecule has 1 aliphatic heterocycles. The first-order valence-corrected chi connectivity index (χ1v) is 9.36. The van der Waals surface area contributed by atoms with Crippen LogP contribution in [0.25, 0.3) is 11.1 Å². The van der Waals surface area contributed by atoms with Gasteiger partial charge in [-0.05, 0) is 29.8 Å². The molecular formula is C19H18Cl2N6. The van der Waals surface area contributed by atoms with Gasteiger partial charge in [-0.25, -0.2) is 9.97 Å². The molecule has 3 heterocycles. The lowest BCUT2D eigenvalue weighted by atomic mass is 10.1. The van der Waals surface area contributed by atoms with E-state index in [4.69, 9.17) is 28.9 Å². The molecule has 6 nitrogen and oxygen atoms in total. The molecule has 8 heteroatoms. The van der Waals surface area contributed by atoms with Crippen molar-refractivity contribution in [3.63, 3.8) is 0 Å². The third-order valence-electron chi connectivity index (χ3n) is 4.57. The summed E-state index contributed by atoms with van der Waals surface area (Å²) in [4.78, 5) is 17.8. The monoisotopic (exact) mass is 400 g/mol. The molecule has 0 saturated carbocycles. The number of nitrogens with zero attached hydrogens (tertiary/aromatic N) is 5. The highest BCUT2D eigenvalue weighted by molar-refractivity contribution is 6.42. The summed E-state index contributed by atoms with van der Waals surface area (Å²) >= 11 is 12.1. The van der Waals surface area contributed by atoms with Gasteiger partial charge in [-0.1, -0.05) is 35.3 Å². The van der Waals surface area contributed by atoms with Crippen LogP contribution >= 0.6 is 23.2 Å². The topological polar surface area (TPSA) is 71.2 Å². The summed E-state index contributed by atoms with van der Waals surface area (Å²) in [5, 5.41) is 0.977. The van der Waals surface area contributed by atoms with Gasteiger partial charge < -0.3 is 15.5 Å². The number of nitrogens with two attached hydrogens (primary N) is 1. The van der Waals surface area contributed by atoms with Crippen LogP contribution in [-0.2, 0) is 0 Å². The zero-order valence-corrected chi connectivity index (χ0v) is 16.0. The second kappa shape index (κ2) is 7.58. The van der Waals surface area contributed by atoms with Crippen LogP contribution < -0.4 is 15.5 Å². The third kappa shape index (κ3) is 3.77. The molecule has 2 N–H and O–H groups in total. The van der Waals surface area contributed by atoms with Crippen LogP contribution in [0.2, 0.25) is 10.0 Å². The van der Waals surface area contributed by atoms with E-state index in [0.717, 1.165) is 43.1 Å². The van der Waals surface area contributed by atoms with E-state index >= 15 is 0 Å². The van der Waals surface area contributed by atoms with Crippen LogP contribution in [0.4, 0.5) is 17.6 Å². The van der Waals surface area contributed by atoms with Gasteiger partial charge in [0.2, 0.25) is 5.95 Å². The summed E-state index contributed by atoms with van der Waals surface area (Å²) < 4.78 is 0. The fraction of sp³-hybridized carbons (Fsp3) is 0.211. The molecule has 138 valence electrons. The Hall–Kier alpha value is -2.57. The molecule has 0 amide bonds. The number of pyridine rings is 1. The Morgan fingerprint density at radius 2 is 1.67 bits per heavy atom. The van der Waals surface area contributed by atoms with Crippen molar-refractivity contribution in [3.8, 4) is 11.1 Å². The highest BCUT2D eigenvalue weighted by atomic mass is 35.5. The number of hydrogen-bond donors (Lipinski definition) is 1. The van der Waals surface area contributed by atoms with E-state index in [9.17, 15) is 0 Å². The van der Waals surface area contributed by atoms with Crippen molar-refractivity contribution in [2.75, 3.05) is 41.7 Å². The lowest BCUT2D eigenvalue weighted by Gasteiger charge is -2.35. The number of rotatable bonds is 3. The second-order valence-corrected chi connectivity index (χ2v) is 7.07. The lowest BCUT2D eigenvalue weighted by Crippen LogP contribution is -2.47. The molecule has 0 unspecified atom stereocenters. The summed E-state index contributed by atoms with van der Waals surface area (Å²) in [5.74, 6) is 2.05. The number of aromatic nitrogens is 3. The summed E-state index contributed by atoms with van der Waals surface area (Å²) in [7, 11) is 0. The van der Waals surface area contributed by atoms with Crippen molar-refractivity contribution >= 4 is 40.8 Å². The predicted molar refractivity (Wildman–Crippen MR) is 111 cm³/mol. The van der Waals surface area contributed by atoms with Gasteiger partial charge in [-0.15, -0.1) is 0 Å². The maximum atomic E-state index is 6.19. The maximum absolute atomic E-state index is 6.19. The van der Waals surface area contributed by atoms with Gasteiger partial charge in [0.25, 0.3) is 0 Å². The number of piperazine rings is 1. The fourth-order valence-electron chi connectivity index (χ4n) is 3.10. The van der Waals surface area contributed by atoms with E-state index in [0.29, 0.717) is 21.8 Å². The zero-order chi connectivity index (χ0) is 18.8. The van der Waals surface area contributed by atoms with Gasteiger partial charge in [-0.2, -0.15) is 4.98 Å². The maximum Gasteiger partial charge on any atom is 0.227 e. The van der Waals surface area contributed by atoms with Crippen LogP contribution in [0.5, 0.6) is 0 Å². The minimum atomic E-state index is 0.422. The Kier molecular flexibility index (Phi) is 5.01. The Balaban J connectivity index is 1.49. The first kappa shape index (κ1) is 17.8. The van der Waals surface area contributed by atoms with Gasteiger partial charge >= 0.3 is 0 Å². The van der Waals surface area contributed by atoms with Crippen LogP contribution in [0.15, 0.2) is 48.8 Å². The highest BCUT2D eigenvalue weighted by Crippen LogP contribution is 2.31. The van der Waals surface area contributed by atoms with Crippen molar-refractivity contribution in [1.29, 1.82) is 0 Å². The van der Waals surface area contributed by atoms with Crippen LogP contribution in [-0.4, -0.2) is 41.1 Å². The van der Waals surface area contributed by atoms with E-state index in [2.05, 4.69) is 24.8 Å². The van der Waals surface area contributed by atoms with Crippen LogP contribution in [0, 0.1) is 0 Å². The molecule has 1 saturated heterocycles. The minimum Gasteiger partial charge on any atom is -0.383 e. The van der Waals surface area contributed by atoms with E-state index in [1.165, 1.54) is 0 Å². The van der Waals surface area contributed by atoms with Crippen molar-refractivity contribution in [2.24, 2.45) is 0 Å². The summed E-state index contributed by atoms with van der Waals surface area (Å²) in [5.41, 5.74) is 7.77. The number of benzene rings is 1. The molecule has 0 aliphatic carbocycles. The van der Waals surface area contributed by atoms with E-state index in [1.807, 2.05) is 30.5 Å². The minimum absolute atomic E-state index is 0.422. The predicted octanol–water partition coefficient (Wildman–Crippen LogP) is 3.75. The lowest BCUT2D eigenvalue weighted by molar-refractivity contribution is 0.635. The first-order chi connectivity index (χ1) is 13.1.